The van der Waals surface area contributed by atoms with Crippen LogP contribution in [0.3, 0.4) is 0 Å². The fourth-order valence-electron chi connectivity index (χ4n) is 0.984. The second-order valence-corrected chi connectivity index (χ2v) is 4.36. The SMILES string of the molecule is Cc1ccc(CNCC(C)O)s1. The number of hydrogen-bond acceptors (Lipinski definition) is 3. The maximum Gasteiger partial charge on any atom is 0.0636 e. The number of aliphatic hydroxyl groups is 1. The molecule has 0 saturated carbocycles. The maximum atomic E-state index is 8.98. The summed E-state index contributed by atoms with van der Waals surface area (Å²) in [6.07, 6.45) is -0.258. The quantitative estimate of drug-likeness (QED) is 0.745. The zero-order valence-electron chi connectivity index (χ0n) is 7.50. The third-order valence-electron chi connectivity index (χ3n) is 1.53. The summed E-state index contributed by atoms with van der Waals surface area (Å²) in [6.45, 7) is 5.41. The Balaban J connectivity index is 2.24. The van der Waals surface area contributed by atoms with E-state index in [1.807, 2.05) is 0 Å². The molecule has 3 heteroatoms. The molecule has 1 aromatic heterocycles. The number of aliphatic hydroxyl groups excluding tert-OH is 1. The minimum atomic E-state index is -0.258. The lowest BCUT2D eigenvalue weighted by Crippen LogP contribution is -2.23. The van der Waals surface area contributed by atoms with Crippen LogP contribution in [0, 0.1) is 6.92 Å². The van der Waals surface area contributed by atoms with Crippen LogP contribution >= 0.6 is 11.3 Å². The van der Waals surface area contributed by atoms with Crippen molar-refractivity contribution in [3.05, 3.63) is 21.9 Å². The Labute approximate surface area is 77.2 Å². The van der Waals surface area contributed by atoms with E-state index in [1.165, 1.54) is 9.75 Å². The Kier molecular flexibility index (Phi) is 3.72. The van der Waals surface area contributed by atoms with Crippen LogP contribution < -0.4 is 5.32 Å². The number of aryl methyl sites for hydroxylation is 1. The molecule has 68 valence electrons. The molecule has 1 rings (SSSR count). The van der Waals surface area contributed by atoms with E-state index >= 15 is 0 Å². The first-order valence-corrected chi connectivity index (χ1v) is 4.94. The van der Waals surface area contributed by atoms with Gasteiger partial charge in [0.25, 0.3) is 0 Å². The minimum Gasteiger partial charge on any atom is -0.392 e. The number of thiophene rings is 1. The zero-order chi connectivity index (χ0) is 8.97. The van der Waals surface area contributed by atoms with E-state index in [0.29, 0.717) is 6.54 Å². The summed E-state index contributed by atoms with van der Waals surface area (Å²) in [6, 6.07) is 4.24. The van der Waals surface area contributed by atoms with Crippen molar-refractivity contribution in [3.63, 3.8) is 0 Å². The average molecular weight is 185 g/mol. The lowest BCUT2D eigenvalue weighted by Gasteiger charge is -2.04. The summed E-state index contributed by atoms with van der Waals surface area (Å²) < 4.78 is 0. The van der Waals surface area contributed by atoms with E-state index in [1.54, 1.807) is 18.3 Å². The smallest absolute Gasteiger partial charge is 0.0636 e. The van der Waals surface area contributed by atoms with Gasteiger partial charge in [-0.25, -0.2) is 0 Å². The fourth-order valence-corrected chi connectivity index (χ4v) is 1.84. The topological polar surface area (TPSA) is 32.3 Å². The van der Waals surface area contributed by atoms with Crippen LogP contribution in [0.1, 0.15) is 16.7 Å². The van der Waals surface area contributed by atoms with Gasteiger partial charge in [0.05, 0.1) is 6.10 Å². The number of rotatable bonds is 4. The van der Waals surface area contributed by atoms with Gasteiger partial charge in [0, 0.05) is 22.8 Å². The van der Waals surface area contributed by atoms with Gasteiger partial charge in [0.2, 0.25) is 0 Å². The summed E-state index contributed by atoms with van der Waals surface area (Å²) in [5.41, 5.74) is 0. The highest BCUT2D eigenvalue weighted by atomic mass is 32.1. The van der Waals surface area contributed by atoms with Crippen LogP contribution in [-0.2, 0) is 6.54 Å². The maximum absolute atomic E-state index is 8.98. The molecule has 2 N–H and O–H groups in total. The summed E-state index contributed by atoms with van der Waals surface area (Å²) in [4.78, 5) is 2.66. The highest BCUT2D eigenvalue weighted by Crippen LogP contribution is 2.14. The van der Waals surface area contributed by atoms with E-state index in [9.17, 15) is 0 Å². The van der Waals surface area contributed by atoms with Gasteiger partial charge in [-0.1, -0.05) is 0 Å². The molecule has 1 heterocycles. The Morgan fingerprint density at radius 1 is 1.58 bits per heavy atom. The fraction of sp³-hybridized carbons (Fsp3) is 0.556. The van der Waals surface area contributed by atoms with Crippen LogP contribution in [0.15, 0.2) is 12.1 Å². The van der Waals surface area contributed by atoms with Gasteiger partial charge in [-0.2, -0.15) is 0 Å². The van der Waals surface area contributed by atoms with Crippen molar-refractivity contribution in [1.29, 1.82) is 0 Å². The summed E-state index contributed by atoms with van der Waals surface area (Å²) >= 11 is 1.80. The van der Waals surface area contributed by atoms with Crippen LogP contribution in [0.25, 0.3) is 0 Å². The molecule has 1 unspecified atom stereocenters. The predicted octanol–water partition coefficient (Wildman–Crippen LogP) is 1.53. The Morgan fingerprint density at radius 2 is 2.33 bits per heavy atom. The van der Waals surface area contributed by atoms with Crippen molar-refractivity contribution < 1.29 is 5.11 Å². The second-order valence-electron chi connectivity index (χ2n) is 2.99. The van der Waals surface area contributed by atoms with E-state index in [4.69, 9.17) is 5.11 Å². The molecule has 1 aromatic rings. The zero-order valence-corrected chi connectivity index (χ0v) is 8.32. The van der Waals surface area contributed by atoms with E-state index in [2.05, 4.69) is 24.4 Å². The molecule has 0 aliphatic heterocycles. The summed E-state index contributed by atoms with van der Waals surface area (Å²) in [7, 11) is 0. The summed E-state index contributed by atoms with van der Waals surface area (Å²) in [5.74, 6) is 0. The molecule has 1 atom stereocenters. The second kappa shape index (κ2) is 4.60. The largest absolute Gasteiger partial charge is 0.392 e. The molecule has 0 aliphatic rings. The molecule has 0 amide bonds. The van der Waals surface area contributed by atoms with Gasteiger partial charge in [-0.3, -0.25) is 0 Å². The minimum absolute atomic E-state index is 0.258. The van der Waals surface area contributed by atoms with Crippen molar-refractivity contribution in [2.75, 3.05) is 6.54 Å². The van der Waals surface area contributed by atoms with E-state index < -0.39 is 0 Å². The molecule has 0 bridgehead atoms. The third-order valence-corrected chi connectivity index (χ3v) is 2.54. The standard InChI is InChI=1S/C9H15NOS/c1-7(11)5-10-6-9-4-3-8(2)12-9/h3-4,7,10-11H,5-6H2,1-2H3. The number of hydrogen-bond donors (Lipinski definition) is 2. The van der Waals surface area contributed by atoms with Gasteiger partial charge < -0.3 is 10.4 Å². The Hall–Kier alpha value is -0.380. The van der Waals surface area contributed by atoms with Crippen molar-refractivity contribution in [2.45, 2.75) is 26.5 Å². The highest BCUT2D eigenvalue weighted by Gasteiger charge is 1.97. The van der Waals surface area contributed by atoms with Crippen molar-refractivity contribution in [3.8, 4) is 0 Å². The molecule has 0 aromatic carbocycles. The van der Waals surface area contributed by atoms with Crippen molar-refractivity contribution in [2.24, 2.45) is 0 Å². The molecule has 0 saturated heterocycles. The van der Waals surface area contributed by atoms with Gasteiger partial charge in [-0.15, -0.1) is 11.3 Å². The predicted molar refractivity (Wildman–Crippen MR) is 52.4 cm³/mol. The average Bonchev–Trinajstić information content (AvgIpc) is 2.35. The first kappa shape index (κ1) is 9.71. The molecule has 0 spiro atoms. The Bertz CT molecular complexity index is 232. The van der Waals surface area contributed by atoms with Gasteiger partial charge >= 0.3 is 0 Å². The van der Waals surface area contributed by atoms with Crippen LogP contribution in [-0.4, -0.2) is 17.8 Å². The van der Waals surface area contributed by atoms with Gasteiger partial charge in [0.15, 0.2) is 0 Å². The van der Waals surface area contributed by atoms with Crippen molar-refractivity contribution >= 4 is 11.3 Å². The van der Waals surface area contributed by atoms with Gasteiger partial charge in [0.1, 0.15) is 0 Å². The first-order valence-electron chi connectivity index (χ1n) is 4.12. The highest BCUT2D eigenvalue weighted by molar-refractivity contribution is 7.11. The molecule has 0 fully saturated rings. The molecular weight excluding hydrogens is 170 g/mol. The molecule has 12 heavy (non-hydrogen) atoms. The lowest BCUT2D eigenvalue weighted by atomic mass is 10.4. The molecule has 2 nitrogen and oxygen atoms in total. The Morgan fingerprint density at radius 3 is 2.83 bits per heavy atom. The lowest BCUT2D eigenvalue weighted by molar-refractivity contribution is 0.191. The van der Waals surface area contributed by atoms with E-state index in [0.717, 1.165) is 6.54 Å². The molecule has 0 radical (unpaired) electrons. The van der Waals surface area contributed by atoms with E-state index in [-0.39, 0.29) is 6.10 Å². The first-order chi connectivity index (χ1) is 5.68. The summed E-state index contributed by atoms with van der Waals surface area (Å²) in [5, 5.41) is 12.2. The monoisotopic (exact) mass is 185 g/mol. The van der Waals surface area contributed by atoms with Gasteiger partial charge in [-0.05, 0) is 26.0 Å². The van der Waals surface area contributed by atoms with Crippen LogP contribution in [0.2, 0.25) is 0 Å². The normalized spacial score (nSPS) is 13.2. The molecule has 0 aliphatic carbocycles. The van der Waals surface area contributed by atoms with Crippen molar-refractivity contribution in [1.82, 2.24) is 5.32 Å². The molecular formula is C9H15NOS. The van der Waals surface area contributed by atoms with Crippen LogP contribution in [0.4, 0.5) is 0 Å². The number of nitrogens with one attached hydrogen (secondary N) is 1. The third kappa shape index (κ3) is 3.34. The van der Waals surface area contributed by atoms with Crippen LogP contribution in [0.5, 0.6) is 0 Å².